The monoisotopic (exact) mass is 257 g/mol. The molecule has 0 bridgehead atoms. The zero-order chi connectivity index (χ0) is 12.7. The molecule has 2 heterocycles. The third-order valence-corrected chi connectivity index (χ3v) is 3.97. The van der Waals surface area contributed by atoms with Crippen molar-refractivity contribution in [1.29, 1.82) is 0 Å². The molecular formula is C14H15N3S. The SMILES string of the molecule is CCc1nn2cc(-c3cc(C)cc(C)c3)nc2s1. The van der Waals surface area contributed by atoms with Crippen LogP contribution in [0.4, 0.5) is 0 Å². The van der Waals surface area contributed by atoms with Crippen molar-refractivity contribution in [3.63, 3.8) is 0 Å². The maximum absolute atomic E-state index is 4.65. The minimum atomic E-state index is 0.965. The summed E-state index contributed by atoms with van der Waals surface area (Å²) in [6, 6.07) is 6.51. The Morgan fingerprint density at radius 2 is 1.89 bits per heavy atom. The largest absolute Gasteiger partial charge is 0.217 e. The lowest BCUT2D eigenvalue weighted by molar-refractivity contribution is 0.910. The molecule has 92 valence electrons. The Balaban J connectivity index is 2.10. The summed E-state index contributed by atoms with van der Waals surface area (Å²) in [5, 5.41) is 5.62. The zero-order valence-corrected chi connectivity index (χ0v) is 11.6. The summed E-state index contributed by atoms with van der Waals surface area (Å²) in [5.74, 6) is 0. The zero-order valence-electron chi connectivity index (χ0n) is 10.8. The van der Waals surface area contributed by atoms with Crippen molar-refractivity contribution in [2.24, 2.45) is 0 Å². The van der Waals surface area contributed by atoms with Gasteiger partial charge in [0.2, 0.25) is 4.96 Å². The number of imidazole rings is 1. The van der Waals surface area contributed by atoms with E-state index in [1.54, 1.807) is 11.3 Å². The molecule has 4 heteroatoms. The van der Waals surface area contributed by atoms with Crippen LogP contribution in [-0.4, -0.2) is 14.6 Å². The standard InChI is InChI=1S/C14H15N3S/c1-4-13-16-17-8-12(15-14(17)18-13)11-6-9(2)5-10(3)7-11/h5-8H,4H2,1-3H3. The van der Waals surface area contributed by atoms with Gasteiger partial charge in [-0.25, -0.2) is 9.50 Å². The van der Waals surface area contributed by atoms with Gasteiger partial charge in [-0.2, -0.15) is 5.10 Å². The average molecular weight is 257 g/mol. The van der Waals surface area contributed by atoms with Crippen molar-refractivity contribution in [2.45, 2.75) is 27.2 Å². The van der Waals surface area contributed by atoms with E-state index in [-0.39, 0.29) is 0 Å². The van der Waals surface area contributed by atoms with Crippen LogP contribution in [0, 0.1) is 13.8 Å². The first-order chi connectivity index (χ1) is 8.65. The van der Waals surface area contributed by atoms with E-state index in [2.05, 4.69) is 49.1 Å². The molecule has 0 N–H and O–H groups in total. The van der Waals surface area contributed by atoms with Gasteiger partial charge >= 0.3 is 0 Å². The summed E-state index contributed by atoms with van der Waals surface area (Å²) < 4.78 is 1.89. The van der Waals surface area contributed by atoms with Crippen LogP contribution in [0.3, 0.4) is 0 Å². The van der Waals surface area contributed by atoms with Crippen LogP contribution in [0.2, 0.25) is 0 Å². The molecule has 0 aliphatic heterocycles. The molecule has 3 nitrogen and oxygen atoms in total. The molecule has 3 rings (SSSR count). The highest BCUT2D eigenvalue weighted by atomic mass is 32.1. The minimum absolute atomic E-state index is 0.965. The van der Waals surface area contributed by atoms with Crippen LogP contribution in [0.15, 0.2) is 24.4 Å². The van der Waals surface area contributed by atoms with E-state index < -0.39 is 0 Å². The molecule has 2 aromatic heterocycles. The van der Waals surface area contributed by atoms with Crippen molar-refractivity contribution >= 4 is 16.3 Å². The average Bonchev–Trinajstić information content (AvgIpc) is 2.84. The van der Waals surface area contributed by atoms with Crippen molar-refractivity contribution in [3.8, 4) is 11.3 Å². The lowest BCUT2D eigenvalue weighted by atomic mass is 10.1. The van der Waals surface area contributed by atoms with Gasteiger partial charge in [0.25, 0.3) is 0 Å². The van der Waals surface area contributed by atoms with Crippen LogP contribution < -0.4 is 0 Å². The molecule has 0 fully saturated rings. The normalized spacial score (nSPS) is 11.3. The number of hydrogen-bond donors (Lipinski definition) is 0. The van der Waals surface area contributed by atoms with Crippen LogP contribution in [-0.2, 0) is 6.42 Å². The van der Waals surface area contributed by atoms with E-state index in [1.165, 1.54) is 16.7 Å². The van der Waals surface area contributed by atoms with Crippen LogP contribution in [0.5, 0.6) is 0 Å². The van der Waals surface area contributed by atoms with Gasteiger partial charge < -0.3 is 0 Å². The summed E-state index contributed by atoms with van der Waals surface area (Å²) in [7, 11) is 0. The summed E-state index contributed by atoms with van der Waals surface area (Å²) in [6.45, 7) is 6.34. The summed E-state index contributed by atoms with van der Waals surface area (Å²) in [4.78, 5) is 5.63. The number of aromatic nitrogens is 3. The highest BCUT2D eigenvalue weighted by molar-refractivity contribution is 7.16. The fourth-order valence-corrected chi connectivity index (χ4v) is 2.96. The number of aryl methyl sites for hydroxylation is 3. The third-order valence-electron chi connectivity index (χ3n) is 2.90. The van der Waals surface area contributed by atoms with Gasteiger partial charge in [0.05, 0.1) is 11.9 Å². The molecule has 0 aliphatic carbocycles. The molecule has 0 atom stereocenters. The highest BCUT2D eigenvalue weighted by Gasteiger charge is 2.09. The second-order valence-corrected chi connectivity index (χ2v) is 5.62. The summed E-state index contributed by atoms with van der Waals surface area (Å²) in [5.41, 5.74) is 4.71. The van der Waals surface area contributed by atoms with Crippen molar-refractivity contribution in [1.82, 2.24) is 14.6 Å². The third kappa shape index (κ3) is 1.93. The first kappa shape index (κ1) is 11.4. The minimum Gasteiger partial charge on any atom is -0.217 e. The molecule has 0 aliphatic rings. The number of hydrogen-bond acceptors (Lipinski definition) is 3. The number of fused-ring (bicyclic) bond motifs is 1. The van der Waals surface area contributed by atoms with Crippen molar-refractivity contribution < 1.29 is 0 Å². The lowest BCUT2D eigenvalue weighted by Gasteiger charge is -2.01. The molecule has 0 unspecified atom stereocenters. The van der Waals surface area contributed by atoms with E-state index in [9.17, 15) is 0 Å². The van der Waals surface area contributed by atoms with E-state index in [0.29, 0.717) is 0 Å². The Bertz CT molecular complexity index is 657. The van der Waals surface area contributed by atoms with Gasteiger partial charge in [-0.3, -0.25) is 0 Å². The summed E-state index contributed by atoms with van der Waals surface area (Å²) in [6.07, 6.45) is 2.98. The van der Waals surface area contributed by atoms with E-state index >= 15 is 0 Å². The highest BCUT2D eigenvalue weighted by Crippen LogP contribution is 2.24. The van der Waals surface area contributed by atoms with E-state index in [0.717, 1.165) is 22.1 Å². The van der Waals surface area contributed by atoms with Gasteiger partial charge in [-0.15, -0.1) is 0 Å². The van der Waals surface area contributed by atoms with Crippen molar-refractivity contribution in [2.75, 3.05) is 0 Å². The Hall–Kier alpha value is -1.68. The number of benzene rings is 1. The van der Waals surface area contributed by atoms with Crippen LogP contribution in [0.25, 0.3) is 16.2 Å². The molecule has 3 aromatic rings. The predicted octanol–water partition coefficient (Wildman–Crippen LogP) is 3.64. The molecule has 0 amide bonds. The van der Waals surface area contributed by atoms with Gasteiger partial charge in [-0.1, -0.05) is 35.5 Å². The Morgan fingerprint density at radius 3 is 2.50 bits per heavy atom. The van der Waals surface area contributed by atoms with E-state index in [1.807, 2.05) is 10.7 Å². The first-order valence-corrected chi connectivity index (χ1v) is 6.91. The maximum atomic E-state index is 4.65. The Kier molecular flexibility index (Phi) is 2.67. The first-order valence-electron chi connectivity index (χ1n) is 6.09. The van der Waals surface area contributed by atoms with Crippen molar-refractivity contribution in [3.05, 3.63) is 40.5 Å². The van der Waals surface area contributed by atoms with E-state index in [4.69, 9.17) is 0 Å². The fraction of sp³-hybridized carbons (Fsp3) is 0.286. The van der Waals surface area contributed by atoms with Crippen LogP contribution >= 0.6 is 11.3 Å². The van der Waals surface area contributed by atoms with Gasteiger partial charge in [0.1, 0.15) is 5.01 Å². The topological polar surface area (TPSA) is 30.2 Å². The van der Waals surface area contributed by atoms with Gasteiger partial charge in [0.15, 0.2) is 0 Å². The Morgan fingerprint density at radius 1 is 1.17 bits per heavy atom. The molecule has 18 heavy (non-hydrogen) atoms. The smallest absolute Gasteiger partial charge is 0.212 e. The van der Waals surface area contributed by atoms with Gasteiger partial charge in [-0.05, 0) is 32.4 Å². The second-order valence-electron chi connectivity index (χ2n) is 4.58. The maximum Gasteiger partial charge on any atom is 0.212 e. The molecule has 0 saturated heterocycles. The van der Waals surface area contributed by atoms with Crippen LogP contribution in [0.1, 0.15) is 23.1 Å². The lowest BCUT2D eigenvalue weighted by Crippen LogP contribution is -1.84. The molecule has 0 saturated carbocycles. The van der Waals surface area contributed by atoms with Gasteiger partial charge in [0, 0.05) is 5.56 Å². The fourth-order valence-electron chi connectivity index (χ4n) is 2.15. The quantitative estimate of drug-likeness (QED) is 0.701. The predicted molar refractivity (Wildman–Crippen MR) is 75.2 cm³/mol. The number of nitrogens with zero attached hydrogens (tertiary/aromatic N) is 3. The number of rotatable bonds is 2. The molecule has 1 aromatic carbocycles. The summed E-state index contributed by atoms with van der Waals surface area (Å²) >= 11 is 1.66. The molecular weight excluding hydrogens is 242 g/mol. The molecule has 0 spiro atoms. The molecule has 0 radical (unpaired) electrons. The Labute approximate surface area is 110 Å². The second kappa shape index (κ2) is 4.21.